The number of nitrogens with one attached hydrogen (secondary N) is 1. The molecule has 0 atom stereocenters. The van der Waals surface area contributed by atoms with Gasteiger partial charge in [0.1, 0.15) is 5.82 Å². The number of ether oxygens (including phenoxy) is 1. The van der Waals surface area contributed by atoms with Crippen molar-refractivity contribution in [2.75, 3.05) is 20.3 Å². The van der Waals surface area contributed by atoms with Crippen molar-refractivity contribution in [1.82, 2.24) is 15.3 Å². The van der Waals surface area contributed by atoms with Crippen LogP contribution in [-0.2, 0) is 11.3 Å². The smallest absolute Gasteiger partial charge is 0.192 e. The molecule has 0 amide bonds. The van der Waals surface area contributed by atoms with Crippen LogP contribution in [0.2, 0.25) is 0 Å². The van der Waals surface area contributed by atoms with Gasteiger partial charge in [-0.3, -0.25) is 0 Å². The number of rotatable bonds is 7. The molecule has 1 aromatic heterocycles. The summed E-state index contributed by atoms with van der Waals surface area (Å²) in [6.45, 7) is 1.93. The Morgan fingerprint density at radius 1 is 1.30 bits per heavy atom. The second-order valence-electron chi connectivity index (χ2n) is 4.06. The van der Waals surface area contributed by atoms with Gasteiger partial charge in [-0.25, -0.2) is 14.4 Å². The van der Waals surface area contributed by atoms with E-state index in [0.717, 1.165) is 17.0 Å². The molecule has 4 nitrogen and oxygen atoms in total. The molecule has 106 valence electrons. The van der Waals surface area contributed by atoms with E-state index in [-0.39, 0.29) is 5.82 Å². The second-order valence-corrected chi connectivity index (χ2v) is 5.06. The minimum absolute atomic E-state index is 0.244. The first-order valence-corrected chi connectivity index (χ1v) is 7.04. The predicted octanol–water partition coefficient (Wildman–Crippen LogP) is 2.50. The fraction of sp³-hybridized carbons (Fsp3) is 0.286. The molecule has 1 heterocycles. The summed E-state index contributed by atoms with van der Waals surface area (Å²) in [6, 6.07) is 6.50. The maximum absolute atomic E-state index is 13.4. The molecule has 0 bridgehead atoms. The molecule has 0 aliphatic rings. The van der Waals surface area contributed by atoms with Crippen LogP contribution < -0.4 is 5.32 Å². The van der Waals surface area contributed by atoms with E-state index in [4.69, 9.17) is 4.74 Å². The standard InChI is InChI=1S/C14H16FN3OS/c1-19-8-7-16-10-11-9-12(15)3-4-13(11)20-14-17-5-2-6-18-14/h2-6,9,16H,7-8,10H2,1H3. The van der Waals surface area contributed by atoms with Crippen molar-refractivity contribution < 1.29 is 9.13 Å². The van der Waals surface area contributed by atoms with Crippen molar-refractivity contribution in [3.63, 3.8) is 0 Å². The lowest BCUT2D eigenvalue weighted by Crippen LogP contribution is -2.19. The molecule has 0 saturated heterocycles. The van der Waals surface area contributed by atoms with Crippen LogP contribution in [-0.4, -0.2) is 30.2 Å². The van der Waals surface area contributed by atoms with Gasteiger partial charge in [0.05, 0.1) is 6.61 Å². The van der Waals surface area contributed by atoms with Crippen LogP contribution in [0, 0.1) is 5.82 Å². The Bertz CT molecular complexity index is 539. The van der Waals surface area contributed by atoms with E-state index in [2.05, 4.69) is 15.3 Å². The van der Waals surface area contributed by atoms with Crippen molar-refractivity contribution in [1.29, 1.82) is 0 Å². The third-order valence-electron chi connectivity index (χ3n) is 2.56. The fourth-order valence-electron chi connectivity index (χ4n) is 1.62. The van der Waals surface area contributed by atoms with E-state index in [0.29, 0.717) is 18.3 Å². The van der Waals surface area contributed by atoms with E-state index in [1.165, 1.54) is 23.9 Å². The van der Waals surface area contributed by atoms with Crippen LogP contribution in [0.25, 0.3) is 0 Å². The third-order valence-corrected chi connectivity index (χ3v) is 3.58. The van der Waals surface area contributed by atoms with Crippen LogP contribution >= 0.6 is 11.8 Å². The Kier molecular flexibility index (Phi) is 5.91. The van der Waals surface area contributed by atoms with E-state index < -0.39 is 0 Å². The molecule has 1 aromatic carbocycles. The SMILES string of the molecule is COCCNCc1cc(F)ccc1Sc1ncccn1. The molecular formula is C14H16FN3OS. The summed E-state index contributed by atoms with van der Waals surface area (Å²) in [7, 11) is 1.65. The highest BCUT2D eigenvalue weighted by atomic mass is 32.2. The summed E-state index contributed by atoms with van der Waals surface area (Å²) in [6.07, 6.45) is 3.38. The first kappa shape index (κ1) is 14.9. The van der Waals surface area contributed by atoms with Crippen molar-refractivity contribution >= 4 is 11.8 Å². The second kappa shape index (κ2) is 7.94. The van der Waals surface area contributed by atoms with Gasteiger partial charge in [0.2, 0.25) is 0 Å². The van der Waals surface area contributed by atoms with Crippen molar-refractivity contribution in [2.45, 2.75) is 16.6 Å². The van der Waals surface area contributed by atoms with Crippen molar-refractivity contribution in [3.05, 3.63) is 48.0 Å². The van der Waals surface area contributed by atoms with Crippen molar-refractivity contribution in [2.24, 2.45) is 0 Å². The van der Waals surface area contributed by atoms with Gasteiger partial charge in [0.25, 0.3) is 0 Å². The van der Waals surface area contributed by atoms with E-state index in [9.17, 15) is 4.39 Å². The quantitative estimate of drug-likeness (QED) is 0.628. The summed E-state index contributed by atoms with van der Waals surface area (Å²) >= 11 is 1.43. The summed E-state index contributed by atoms with van der Waals surface area (Å²) in [5.74, 6) is -0.244. The summed E-state index contributed by atoms with van der Waals surface area (Å²) in [5, 5.41) is 3.86. The molecule has 2 aromatic rings. The van der Waals surface area contributed by atoms with Gasteiger partial charge >= 0.3 is 0 Å². The Morgan fingerprint density at radius 2 is 2.10 bits per heavy atom. The Hall–Kier alpha value is -1.50. The normalized spacial score (nSPS) is 10.7. The number of benzene rings is 1. The van der Waals surface area contributed by atoms with Crippen LogP contribution in [0.1, 0.15) is 5.56 Å². The van der Waals surface area contributed by atoms with Gasteiger partial charge in [-0.05, 0) is 41.6 Å². The zero-order valence-corrected chi connectivity index (χ0v) is 12.0. The predicted molar refractivity (Wildman–Crippen MR) is 76.1 cm³/mol. The molecular weight excluding hydrogens is 277 g/mol. The van der Waals surface area contributed by atoms with Gasteiger partial charge in [-0.15, -0.1) is 0 Å². The molecule has 1 N–H and O–H groups in total. The lowest BCUT2D eigenvalue weighted by molar-refractivity contribution is 0.199. The molecule has 0 unspecified atom stereocenters. The van der Waals surface area contributed by atoms with Crippen LogP contribution in [0.15, 0.2) is 46.7 Å². The minimum Gasteiger partial charge on any atom is -0.383 e. The van der Waals surface area contributed by atoms with Gasteiger partial charge < -0.3 is 10.1 Å². The largest absolute Gasteiger partial charge is 0.383 e. The van der Waals surface area contributed by atoms with E-state index >= 15 is 0 Å². The van der Waals surface area contributed by atoms with E-state index in [1.54, 1.807) is 31.6 Å². The monoisotopic (exact) mass is 293 g/mol. The van der Waals surface area contributed by atoms with Crippen LogP contribution in [0.3, 0.4) is 0 Å². The topological polar surface area (TPSA) is 47.0 Å². The van der Waals surface area contributed by atoms with Crippen LogP contribution in [0.4, 0.5) is 4.39 Å². The summed E-state index contributed by atoms with van der Waals surface area (Å²) in [5.41, 5.74) is 0.888. The van der Waals surface area contributed by atoms with Crippen molar-refractivity contribution in [3.8, 4) is 0 Å². The molecule has 0 aliphatic heterocycles. The lowest BCUT2D eigenvalue weighted by Gasteiger charge is -2.09. The Labute approximate surface area is 121 Å². The first-order chi connectivity index (χ1) is 9.79. The summed E-state index contributed by atoms with van der Waals surface area (Å²) in [4.78, 5) is 9.28. The molecule has 0 fully saturated rings. The zero-order chi connectivity index (χ0) is 14.2. The Balaban J connectivity index is 2.07. The number of aromatic nitrogens is 2. The highest BCUT2D eigenvalue weighted by molar-refractivity contribution is 7.99. The number of halogens is 1. The average molecular weight is 293 g/mol. The molecule has 20 heavy (non-hydrogen) atoms. The molecule has 2 rings (SSSR count). The lowest BCUT2D eigenvalue weighted by atomic mass is 10.2. The first-order valence-electron chi connectivity index (χ1n) is 6.22. The number of hydrogen-bond acceptors (Lipinski definition) is 5. The minimum atomic E-state index is -0.244. The van der Waals surface area contributed by atoms with Gasteiger partial charge in [-0.1, -0.05) is 0 Å². The zero-order valence-electron chi connectivity index (χ0n) is 11.2. The third kappa shape index (κ3) is 4.56. The molecule has 0 aliphatic carbocycles. The average Bonchev–Trinajstić information content (AvgIpc) is 2.47. The number of hydrogen-bond donors (Lipinski definition) is 1. The molecule has 0 spiro atoms. The number of methoxy groups -OCH3 is 1. The van der Waals surface area contributed by atoms with Gasteiger partial charge in [0.15, 0.2) is 5.16 Å². The molecule has 0 saturated carbocycles. The summed E-state index contributed by atoms with van der Waals surface area (Å²) < 4.78 is 18.3. The highest BCUT2D eigenvalue weighted by Gasteiger charge is 2.07. The van der Waals surface area contributed by atoms with E-state index in [1.807, 2.05) is 0 Å². The maximum Gasteiger partial charge on any atom is 0.192 e. The fourth-order valence-corrected chi connectivity index (χ4v) is 2.44. The number of nitrogens with zero attached hydrogens (tertiary/aromatic N) is 2. The Morgan fingerprint density at radius 3 is 2.85 bits per heavy atom. The van der Waals surface area contributed by atoms with Crippen LogP contribution in [0.5, 0.6) is 0 Å². The maximum atomic E-state index is 13.4. The molecule has 6 heteroatoms. The van der Waals surface area contributed by atoms with Gasteiger partial charge in [-0.2, -0.15) is 0 Å². The molecule has 0 radical (unpaired) electrons. The van der Waals surface area contributed by atoms with Gasteiger partial charge in [0, 0.05) is 37.5 Å². The highest BCUT2D eigenvalue weighted by Crippen LogP contribution is 2.28.